The summed E-state index contributed by atoms with van der Waals surface area (Å²) in [6.45, 7) is 0.582. The molecule has 3 rings (SSSR count). The van der Waals surface area contributed by atoms with Gasteiger partial charge in [0.2, 0.25) is 9.84 Å². The second-order valence-electron chi connectivity index (χ2n) is 5.02. The Kier molecular flexibility index (Phi) is 4.78. The molecule has 1 aliphatic heterocycles. The van der Waals surface area contributed by atoms with E-state index in [9.17, 15) is 16.8 Å². The lowest BCUT2D eigenvalue weighted by Crippen LogP contribution is -2.15. The van der Waals surface area contributed by atoms with Gasteiger partial charge in [-0.25, -0.2) is 16.8 Å². The van der Waals surface area contributed by atoms with Crippen molar-refractivity contribution in [1.29, 1.82) is 0 Å². The largest absolute Gasteiger partial charge is 0.365 e. The summed E-state index contributed by atoms with van der Waals surface area (Å²) in [5, 5.41) is 0.901. The first kappa shape index (κ1) is 17.5. The van der Waals surface area contributed by atoms with E-state index in [4.69, 9.17) is 11.6 Å². The Bertz CT molecular complexity index is 993. The Morgan fingerprint density at radius 1 is 1.08 bits per heavy atom. The smallest absolute Gasteiger partial charge is 0.209 e. The molecule has 1 N–H and O–H groups in total. The molecule has 1 aliphatic rings. The lowest BCUT2D eigenvalue weighted by molar-refractivity contribution is 0.585. The van der Waals surface area contributed by atoms with E-state index in [2.05, 4.69) is 9.98 Å². The van der Waals surface area contributed by atoms with E-state index in [0.717, 1.165) is 5.75 Å². The highest BCUT2D eigenvalue weighted by Crippen LogP contribution is 2.29. The van der Waals surface area contributed by atoms with Crippen molar-refractivity contribution >= 4 is 48.1 Å². The van der Waals surface area contributed by atoms with Gasteiger partial charge in [-0.1, -0.05) is 11.6 Å². The monoisotopic (exact) mass is 404 g/mol. The fraction of sp³-hybridized carbons (Fsp3) is 0.214. The van der Waals surface area contributed by atoms with Gasteiger partial charge in [0, 0.05) is 29.7 Å². The minimum Gasteiger partial charge on any atom is -0.365 e. The summed E-state index contributed by atoms with van der Waals surface area (Å²) >= 11 is 7.15. The van der Waals surface area contributed by atoms with Crippen molar-refractivity contribution in [2.45, 2.75) is 14.7 Å². The molecule has 2 aromatic rings. The van der Waals surface area contributed by atoms with Crippen molar-refractivity contribution in [3.63, 3.8) is 0 Å². The minimum absolute atomic E-state index is 0.0180. The number of nitrogens with one attached hydrogen (secondary N) is 1. The predicted molar refractivity (Wildman–Crippen MR) is 94.5 cm³/mol. The van der Waals surface area contributed by atoms with Gasteiger partial charge in [-0.2, -0.15) is 0 Å². The molecular weight excluding hydrogens is 392 g/mol. The maximum Gasteiger partial charge on any atom is 0.209 e. The Morgan fingerprint density at radius 2 is 1.75 bits per heavy atom. The molecule has 0 amide bonds. The van der Waals surface area contributed by atoms with Gasteiger partial charge in [0.15, 0.2) is 9.84 Å². The van der Waals surface area contributed by atoms with Crippen molar-refractivity contribution in [2.24, 2.45) is 4.99 Å². The van der Waals surface area contributed by atoms with E-state index in [1.54, 1.807) is 0 Å². The number of hydrogen-bond acceptors (Lipinski definition) is 6. The molecule has 1 aromatic heterocycles. The molecule has 0 bridgehead atoms. The number of aliphatic imine (C=N–C) groups is 1. The van der Waals surface area contributed by atoms with Crippen LogP contribution in [0.5, 0.6) is 0 Å². The van der Waals surface area contributed by atoms with E-state index in [-0.39, 0.29) is 20.4 Å². The molecule has 0 atom stereocenters. The molecule has 0 saturated carbocycles. The number of hydrogen-bond donors (Lipinski definition) is 1. The Balaban J connectivity index is 2.02. The minimum atomic E-state index is -3.98. The molecule has 0 spiro atoms. The van der Waals surface area contributed by atoms with Crippen molar-refractivity contribution in [1.82, 2.24) is 4.98 Å². The predicted octanol–water partition coefficient (Wildman–Crippen LogP) is 2.42. The molecule has 2 heterocycles. The molecule has 0 aliphatic carbocycles. The highest BCUT2D eigenvalue weighted by atomic mass is 35.5. The van der Waals surface area contributed by atoms with Crippen LogP contribution in [0.3, 0.4) is 0 Å². The van der Waals surface area contributed by atoms with Crippen LogP contribution in [-0.4, -0.2) is 44.9 Å². The molecule has 6 nitrogen and oxygen atoms in total. The van der Waals surface area contributed by atoms with E-state index in [1.807, 2.05) is 0 Å². The third kappa shape index (κ3) is 3.39. The first-order chi connectivity index (χ1) is 11.3. The summed E-state index contributed by atoms with van der Waals surface area (Å²) < 4.78 is 50.7. The van der Waals surface area contributed by atoms with E-state index in [1.165, 1.54) is 48.4 Å². The van der Waals surface area contributed by atoms with Crippen molar-refractivity contribution in [3.05, 3.63) is 41.7 Å². The second-order valence-corrected chi connectivity index (χ2v) is 10.5. The average Bonchev–Trinajstić information content (AvgIpc) is 3.18. The summed E-state index contributed by atoms with van der Waals surface area (Å²) in [6, 6.07) is 5.58. The maximum absolute atomic E-state index is 12.7. The zero-order valence-corrected chi connectivity index (χ0v) is 15.5. The van der Waals surface area contributed by atoms with Gasteiger partial charge in [-0.15, -0.1) is 11.8 Å². The number of halogens is 1. The van der Waals surface area contributed by atoms with E-state index in [0.29, 0.717) is 16.6 Å². The number of H-pyrrole nitrogens is 1. The van der Waals surface area contributed by atoms with Gasteiger partial charge < -0.3 is 4.98 Å². The molecule has 0 radical (unpaired) electrons. The zero-order chi connectivity index (χ0) is 17.4. The third-order valence-corrected chi connectivity index (χ3v) is 8.41. The van der Waals surface area contributed by atoms with Crippen LogP contribution in [0.15, 0.2) is 56.3 Å². The van der Waals surface area contributed by atoms with E-state index < -0.39 is 19.7 Å². The number of aromatic amines is 1. The number of thioether (sulfide) groups is 1. The quantitative estimate of drug-likeness (QED) is 0.825. The molecule has 0 saturated heterocycles. The Labute approximate surface area is 149 Å². The highest BCUT2D eigenvalue weighted by molar-refractivity contribution is 8.15. The van der Waals surface area contributed by atoms with Crippen LogP contribution in [0.1, 0.15) is 0 Å². The van der Waals surface area contributed by atoms with Gasteiger partial charge in [-0.3, -0.25) is 4.99 Å². The third-order valence-electron chi connectivity index (χ3n) is 3.38. The van der Waals surface area contributed by atoms with Crippen molar-refractivity contribution in [3.8, 4) is 0 Å². The molecule has 0 unspecified atom stereocenters. The van der Waals surface area contributed by atoms with Crippen LogP contribution >= 0.6 is 23.4 Å². The van der Waals surface area contributed by atoms with Gasteiger partial charge in [0.05, 0.1) is 9.94 Å². The lowest BCUT2D eigenvalue weighted by Gasteiger charge is -2.07. The van der Waals surface area contributed by atoms with Gasteiger partial charge in [0.25, 0.3) is 0 Å². The topological polar surface area (TPSA) is 96.4 Å². The Hall–Kier alpha value is -1.29. The van der Waals surface area contributed by atoms with Crippen LogP contribution in [0.4, 0.5) is 0 Å². The van der Waals surface area contributed by atoms with Crippen molar-refractivity contribution in [2.75, 3.05) is 18.1 Å². The molecule has 10 heteroatoms. The average molecular weight is 405 g/mol. The van der Waals surface area contributed by atoms with Crippen LogP contribution < -0.4 is 0 Å². The summed E-state index contributed by atoms with van der Waals surface area (Å²) in [4.78, 5) is 6.17. The van der Waals surface area contributed by atoms with Crippen LogP contribution in [0.2, 0.25) is 5.02 Å². The van der Waals surface area contributed by atoms with Gasteiger partial charge >= 0.3 is 0 Å². The number of benzene rings is 1. The SMILES string of the molecule is O=S(=O)(CC1=NCCS1)c1c[nH]cc1S(=O)(=O)c1ccc(Cl)cc1. The summed E-state index contributed by atoms with van der Waals surface area (Å²) in [5.74, 6) is 0.451. The number of sulfone groups is 2. The molecule has 24 heavy (non-hydrogen) atoms. The molecule has 0 fully saturated rings. The summed E-state index contributed by atoms with van der Waals surface area (Å²) in [7, 11) is -7.79. The molecule has 128 valence electrons. The summed E-state index contributed by atoms with van der Waals surface area (Å²) in [5.41, 5.74) is 0. The first-order valence-electron chi connectivity index (χ1n) is 6.87. The van der Waals surface area contributed by atoms with Gasteiger partial charge in [-0.05, 0) is 24.3 Å². The lowest BCUT2D eigenvalue weighted by atomic mass is 10.4. The number of nitrogens with zero attached hydrogens (tertiary/aromatic N) is 1. The molecule has 1 aromatic carbocycles. The second kappa shape index (κ2) is 6.55. The van der Waals surface area contributed by atoms with Crippen molar-refractivity contribution < 1.29 is 16.8 Å². The fourth-order valence-corrected chi connectivity index (χ4v) is 6.95. The Morgan fingerprint density at radius 3 is 2.38 bits per heavy atom. The highest BCUT2D eigenvalue weighted by Gasteiger charge is 2.30. The normalized spacial score (nSPS) is 15.5. The first-order valence-corrected chi connectivity index (χ1v) is 11.4. The van der Waals surface area contributed by atoms with Crippen LogP contribution in [0, 0.1) is 0 Å². The van der Waals surface area contributed by atoms with Crippen LogP contribution in [0.25, 0.3) is 0 Å². The standard InChI is InChI=1S/C14H13ClN2O4S3/c15-10-1-3-11(4-2-10)24(20,21)13-8-16-7-12(13)23(18,19)9-14-17-5-6-22-14/h1-4,7-8,16H,5-6,9H2. The zero-order valence-electron chi connectivity index (χ0n) is 12.3. The summed E-state index contributed by atoms with van der Waals surface area (Å²) in [6.07, 6.45) is 2.37. The van der Waals surface area contributed by atoms with Crippen LogP contribution in [-0.2, 0) is 19.7 Å². The fourth-order valence-electron chi connectivity index (χ4n) is 2.24. The molecular formula is C14H13ClN2O4S3. The number of rotatable bonds is 5. The van der Waals surface area contributed by atoms with E-state index >= 15 is 0 Å². The number of aromatic nitrogens is 1. The van der Waals surface area contributed by atoms with Gasteiger partial charge in [0.1, 0.15) is 15.5 Å². The maximum atomic E-state index is 12.7.